The highest BCUT2D eigenvalue weighted by atomic mass is 35.5. The highest BCUT2D eigenvalue weighted by Crippen LogP contribution is 2.22. The highest BCUT2D eigenvalue weighted by molar-refractivity contribution is 6.29. The number of nitrogens with zero attached hydrogens (tertiary/aromatic N) is 4. The van der Waals surface area contributed by atoms with Crippen molar-refractivity contribution in [3.05, 3.63) is 52.7 Å². The second-order valence-electron chi connectivity index (χ2n) is 4.77. The second-order valence-corrected chi connectivity index (χ2v) is 5.16. The van der Waals surface area contributed by atoms with E-state index in [1.54, 1.807) is 17.5 Å². The number of aryl methyl sites for hydroxylation is 2. The number of carbonyl (C=O) groups is 1. The van der Waals surface area contributed by atoms with Gasteiger partial charge in [-0.05, 0) is 13.8 Å². The molecule has 0 fully saturated rings. The first-order chi connectivity index (χ1) is 10.5. The predicted octanol–water partition coefficient (Wildman–Crippen LogP) is 2.79. The Balaban J connectivity index is 1.98. The number of halogens is 2. The van der Waals surface area contributed by atoms with Crippen molar-refractivity contribution in [2.24, 2.45) is 0 Å². The Labute approximate surface area is 130 Å². The maximum atomic E-state index is 14.4. The Hall–Kier alpha value is -2.54. The summed E-state index contributed by atoms with van der Waals surface area (Å²) in [5.41, 5.74) is 1.72. The van der Waals surface area contributed by atoms with Crippen LogP contribution in [0, 0.1) is 19.7 Å². The maximum Gasteiger partial charge on any atom is 0.275 e. The molecule has 0 aliphatic rings. The summed E-state index contributed by atoms with van der Waals surface area (Å²) in [6.45, 7) is 3.42. The van der Waals surface area contributed by atoms with E-state index in [9.17, 15) is 9.18 Å². The Morgan fingerprint density at radius 3 is 2.73 bits per heavy atom. The van der Waals surface area contributed by atoms with Gasteiger partial charge in [0.1, 0.15) is 16.5 Å². The number of aromatic nitrogens is 4. The lowest BCUT2D eigenvalue weighted by Crippen LogP contribution is -2.16. The zero-order valence-corrected chi connectivity index (χ0v) is 12.5. The number of hydrogen-bond donors (Lipinski definition) is 1. The molecule has 6 nitrogen and oxygen atoms in total. The van der Waals surface area contributed by atoms with Crippen LogP contribution in [0.4, 0.5) is 10.1 Å². The van der Waals surface area contributed by atoms with Crippen molar-refractivity contribution in [3.8, 4) is 0 Å². The number of anilines is 1. The topological polar surface area (TPSA) is 72.2 Å². The molecule has 0 saturated heterocycles. The van der Waals surface area contributed by atoms with Gasteiger partial charge in [-0.15, -0.1) is 0 Å². The molecule has 1 amide bonds. The molecule has 0 aromatic carbocycles. The van der Waals surface area contributed by atoms with E-state index in [0.717, 1.165) is 5.69 Å². The molecule has 0 spiro atoms. The van der Waals surface area contributed by atoms with Gasteiger partial charge in [-0.25, -0.2) is 19.3 Å². The summed E-state index contributed by atoms with van der Waals surface area (Å²) < 4.78 is 16.0. The van der Waals surface area contributed by atoms with Crippen LogP contribution in [0.3, 0.4) is 0 Å². The second kappa shape index (κ2) is 5.34. The number of hydrogen-bond acceptors (Lipinski definition) is 4. The van der Waals surface area contributed by atoms with Crippen molar-refractivity contribution >= 4 is 28.8 Å². The lowest BCUT2D eigenvalue weighted by atomic mass is 10.2. The summed E-state index contributed by atoms with van der Waals surface area (Å²) in [4.78, 5) is 23.9. The summed E-state index contributed by atoms with van der Waals surface area (Å²) in [5, 5.41) is 2.65. The first-order valence-electron chi connectivity index (χ1n) is 6.39. The van der Waals surface area contributed by atoms with Gasteiger partial charge in [-0.3, -0.25) is 4.79 Å². The van der Waals surface area contributed by atoms with Gasteiger partial charge < -0.3 is 9.72 Å². The molecule has 0 unspecified atom stereocenters. The molecule has 3 rings (SSSR count). The molecule has 0 radical (unpaired) electrons. The number of imidazole rings is 1. The van der Waals surface area contributed by atoms with Gasteiger partial charge in [0.05, 0.1) is 23.8 Å². The molecular formula is C14H11ClFN5O. The molecule has 0 aliphatic carbocycles. The Morgan fingerprint density at radius 1 is 1.27 bits per heavy atom. The van der Waals surface area contributed by atoms with Gasteiger partial charge in [0, 0.05) is 18.0 Å². The third-order valence-corrected chi connectivity index (χ3v) is 3.32. The lowest BCUT2D eigenvalue weighted by molar-refractivity contribution is 0.102. The Kier molecular flexibility index (Phi) is 3.50. The molecule has 3 aromatic heterocycles. The fraction of sp³-hybridized carbons (Fsp3) is 0.143. The van der Waals surface area contributed by atoms with Crippen molar-refractivity contribution in [2.75, 3.05) is 5.32 Å². The Morgan fingerprint density at radius 2 is 2.05 bits per heavy atom. The smallest absolute Gasteiger partial charge is 0.275 e. The number of amides is 1. The fourth-order valence-electron chi connectivity index (χ4n) is 2.09. The van der Waals surface area contributed by atoms with E-state index in [1.165, 1.54) is 18.6 Å². The van der Waals surface area contributed by atoms with Crippen LogP contribution in [-0.2, 0) is 0 Å². The van der Waals surface area contributed by atoms with Crippen LogP contribution >= 0.6 is 11.6 Å². The average Bonchev–Trinajstić information content (AvgIpc) is 2.86. The van der Waals surface area contributed by atoms with E-state index >= 15 is 0 Å². The van der Waals surface area contributed by atoms with Crippen molar-refractivity contribution in [3.63, 3.8) is 0 Å². The van der Waals surface area contributed by atoms with Crippen LogP contribution in [0.15, 0.2) is 24.8 Å². The standard InChI is InChI=1S/C14H11ClFN5O/c1-7-5-21-6-10(12(16)8(2)13(21)19-7)20-14(22)9-3-18-11(15)4-17-9/h3-6H,1-2H3,(H,20,22). The maximum absolute atomic E-state index is 14.4. The van der Waals surface area contributed by atoms with Gasteiger partial charge in [0.2, 0.25) is 0 Å². The van der Waals surface area contributed by atoms with Crippen LogP contribution in [0.1, 0.15) is 21.7 Å². The van der Waals surface area contributed by atoms with Crippen LogP contribution in [0.2, 0.25) is 5.15 Å². The predicted molar refractivity (Wildman–Crippen MR) is 79.6 cm³/mol. The number of nitrogens with one attached hydrogen (secondary N) is 1. The van der Waals surface area contributed by atoms with Gasteiger partial charge >= 0.3 is 0 Å². The summed E-state index contributed by atoms with van der Waals surface area (Å²) in [6, 6.07) is 0. The van der Waals surface area contributed by atoms with Crippen LogP contribution in [-0.4, -0.2) is 25.3 Å². The van der Waals surface area contributed by atoms with E-state index in [2.05, 4.69) is 20.3 Å². The normalized spacial score (nSPS) is 10.9. The monoisotopic (exact) mass is 319 g/mol. The van der Waals surface area contributed by atoms with Crippen LogP contribution in [0.5, 0.6) is 0 Å². The van der Waals surface area contributed by atoms with E-state index in [4.69, 9.17) is 11.6 Å². The number of pyridine rings is 1. The lowest BCUT2D eigenvalue weighted by Gasteiger charge is -2.09. The molecule has 0 aliphatic heterocycles. The minimum atomic E-state index is -0.571. The van der Waals surface area contributed by atoms with E-state index in [0.29, 0.717) is 11.2 Å². The van der Waals surface area contributed by atoms with Crippen molar-refractivity contribution in [1.82, 2.24) is 19.4 Å². The molecule has 3 heterocycles. The zero-order chi connectivity index (χ0) is 15.9. The fourth-order valence-corrected chi connectivity index (χ4v) is 2.19. The van der Waals surface area contributed by atoms with Crippen LogP contribution in [0.25, 0.3) is 5.65 Å². The van der Waals surface area contributed by atoms with Gasteiger partial charge in [0.15, 0.2) is 5.82 Å². The highest BCUT2D eigenvalue weighted by Gasteiger charge is 2.16. The molecule has 0 atom stereocenters. The van der Waals surface area contributed by atoms with Crippen LogP contribution < -0.4 is 5.32 Å². The molecule has 8 heteroatoms. The first kappa shape index (κ1) is 14.4. The van der Waals surface area contributed by atoms with Gasteiger partial charge in [0.25, 0.3) is 5.91 Å². The molecule has 0 bridgehead atoms. The molecule has 22 heavy (non-hydrogen) atoms. The van der Waals surface area contributed by atoms with Gasteiger partial charge in [-0.2, -0.15) is 0 Å². The van der Waals surface area contributed by atoms with Crippen molar-refractivity contribution < 1.29 is 9.18 Å². The van der Waals surface area contributed by atoms with E-state index in [-0.39, 0.29) is 16.5 Å². The minimum absolute atomic E-state index is 0.0448. The first-order valence-corrected chi connectivity index (χ1v) is 6.77. The largest absolute Gasteiger partial charge is 0.317 e. The molecular weight excluding hydrogens is 309 g/mol. The Bertz CT molecular complexity index is 875. The average molecular weight is 320 g/mol. The molecule has 112 valence electrons. The van der Waals surface area contributed by atoms with E-state index in [1.807, 2.05) is 6.92 Å². The number of fused-ring (bicyclic) bond motifs is 1. The van der Waals surface area contributed by atoms with Gasteiger partial charge in [-0.1, -0.05) is 11.6 Å². The summed E-state index contributed by atoms with van der Waals surface area (Å²) in [5.74, 6) is -1.10. The third-order valence-electron chi connectivity index (χ3n) is 3.12. The van der Waals surface area contributed by atoms with Crippen molar-refractivity contribution in [2.45, 2.75) is 13.8 Å². The summed E-state index contributed by atoms with van der Waals surface area (Å²) in [7, 11) is 0. The summed E-state index contributed by atoms with van der Waals surface area (Å²) >= 11 is 5.61. The number of rotatable bonds is 2. The summed E-state index contributed by atoms with van der Waals surface area (Å²) in [6.07, 6.45) is 5.70. The SMILES string of the molecule is Cc1cn2cc(NC(=O)c3cnc(Cl)cn3)c(F)c(C)c2n1. The third kappa shape index (κ3) is 2.50. The quantitative estimate of drug-likeness (QED) is 0.788. The molecule has 3 aromatic rings. The number of carbonyl (C=O) groups excluding carboxylic acids is 1. The minimum Gasteiger partial charge on any atom is -0.317 e. The van der Waals surface area contributed by atoms with Crippen molar-refractivity contribution in [1.29, 1.82) is 0 Å². The zero-order valence-electron chi connectivity index (χ0n) is 11.8. The van der Waals surface area contributed by atoms with E-state index < -0.39 is 11.7 Å². The molecule has 0 saturated carbocycles. The molecule has 1 N–H and O–H groups in total.